The Labute approximate surface area is 139 Å². The van der Waals surface area contributed by atoms with E-state index in [0.717, 1.165) is 18.7 Å². The highest BCUT2D eigenvalue weighted by Gasteiger charge is 2.17. The van der Waals surface area contributed by atoms with Crippen molar-refractivity contribution < 1.29 is 9.90 Å². The summed E-state index contributed by atoms with van der Waals surface area (Å²) in [5.41, 5.74) is 0.906. The Bertz CT molecular complexity index is 424. The van der Waals surface area contributed by atoms with Crippen molar-refractivity contribution in [1.29, 1.82) is 0 Å². The van der Waals surface area contributed by atoms with Crippen LogP contribution < -0.4 is 0 Å². The van der Waals surface area contributed by atoms with E-state index in [2.05, 4.69) is 27.7 Å². The van der Waals surface area contributed by atoms with Gasteiger partial charge in [-0.3, -0.25) is 4.79 Å². The molecule has 1 aromatic rings. The van der Waals surface area contributed by atoms with Crippen LogP contribution in [0.25, 0.3) is 0 Å². The summed E-state index contributed by atoms with van der Waals surface area (Å²) in [4.78, 5) is 14.3. The largest absolute Gasteiger partial charge is 0.388 e. The van der Waals surface area contributed by atoms with Crippen LogP contribution in [-0.4, -0.2) is 40.5 Å². The molecule has 22 heavy (non-hydrogen) atoms. The molecule has 0 aliphatic heterocycles. The van der Waals surface area contributed by atoms with E-state index < -0.39 is 6.10 Å². The topological polar surface area (TPSA) is 40.5 Å². The molecule has 0 spiro atoms. The zero-order valence-electron chi connectivity index (χ0n) is 14.2. The molecule has 0 saturated carbocycles. The van der Waals surface area contributed by atoms with Gasteiger partial charge < -0.3 is 10.0 Å². The molecule has 1 rings (SSSR count). The lowest BCUT2D eigenvalue weighted by Gasteiger charge is -2.26. The Balaban J connectivity index is 2.42. The third kappa shape index (κ3) is 7.32. The van der Waals surface area contributed by atoms with Crippen LogP contribution in [0.2, 0.25) is 0 Å². The number of aliphatic hydroxyl groups excluding tert-OH is 1. The van der Waals surface area contributed by atoms with Gasteiger partial charge in [0.05, 0.1) is 11.9 Å². The molecule has 1 aromatic carbocycles. The number of hydrogen-bond donors (Lipinski definition) is 1. The van der Waals surface area contributed by atoms with Crippen LogP contribution in [0.3, 0.4) is 0 Å². The van der Waals surface area contributed by atoms with Gasteiger partial charge in [-0.2, -0.15) is 0 Å². The first-order valence-electron chi connectivity index (χ1n) is 7.98. The number of amides is 1. The van der Waals surface area contributed by atoms with Crippen molar-refractivity contribution in [1.82, 2.24) is 4.90 Å². The number of rotatable bonds is 9. The van der Waals surface area contributed by atoms with Crippen molar-refractivity contribution in [3.63, 3.8) is 0 Å². The van der Waals surface area contributed by atoms with Gasteiger partial charge in [0.1, 0.15) is 0 Å². The zero-order chi connectivity index (χ0) is 16.5. The van der Waals surface area contributed by atoms with E-state index in [9.17, 15) is 9.90 Å². The summed E-state index contributed by atoms with van der Waals surface area (Å²) in [5.74, 6) is 2.11. The Morgan fingerprint density at radius 3 is 2.14 bits per heavy atom. The second kappa shape index (κ2) is 9.90. The highest BCUT2D eigenvalue weighted by Crippen LogP contribution is 2.18. The molecule has 1 unspecified atom stereocenters. The quantitative estimate of drug-likeness (QED) is 0.755. The average molecular weight is 324 g/mol. The van der Waals surface area contributed by atoms with Gasteiger partial charge >= 0.3 is 0 Å². The smallest absolute Gasteiger partial charge is 0.232 e. The van der Waals surface area contributed by atoms with Crippen LogP contribution in [-0.2, 0) is 4.79 Å². The van der Waals surface area contributed by atoms with Gasteiger partial charge in [-0.15, -0.1) is 11.8 Å². The highest BCUT2D eigenvalue weighted by atomic mass is 32.2. The fourth-order valence-corrected chi connectivity index (χ4v) is 3.17. The summed E-state index contributed by atoms with van der Waals surface area (Å²) in [7, 11) is 0. The maximum Gasteiger partial charge on any atom is 0.232 e. The maximum atomic E-state index is 12.4. The molecule has 1 amide bonds. The number of hydrogen-bond acceptors (Lipinski definition) is 3. The molecule has 1 atom stereocenters. The molecule has 0 aliphatic rings. The molecule has 0 aliphatic carbocycles. The van der Waals surface area contributed by atoms with Crippen LogP contribution in [0.5, 0.6) is 0 Å². The lowest BCUT2D eigenvalue weighted by Crippen LogP contribution is -2.38. The molecule has 0 bridgehead atoms. The highest BCUT2D eigenvalue weighted by molar-refractivity contribution is 7.99. The minimum absolute atomic E-state index is 0.174. The van der Waals surface area contributed by atoms with E-state index >= 15 is 0 Å². The van der Waals surface area contributed by atoms with E-state index in [1.165, 1.54) is 11.8 Å². The van der Waals surface area contributed by atoms with Gasteiger partial charge in [0.25, 0.3) is 0 Å². The molecule has 1 N–H and O–H groups in total. The molecule has 3 nitrogen and oxygen atoms in total. The number of thioether (sulfide) groups is 1. The first-order chi connectivity index (χ1) is 10.4. The van der Waals surface area contributed by atoms with Gasteiger partial charge in [0.2, 0.25) is 5.91 Å². The van der Waals surface area contributed by atoms with Gasteiger partial charge in [-0.25, -0.2) is 0 Å². The van der Waals surface area contributed by atoms with E-state index in [1.54, 1.807) is 0 Å². The van der Waals surface area contributed by atoms with Gasteiger partial charge in [-0.1, -0.05) is 58.0 Å². The van der Waals surface area contributed by atoms with Crippen LogP contribution in [0, 0.1) is 11.8 Å². The number of carbonyl (C=O) groups is 1. The molecule has 0 heterocycles. The molecule has 4 heteroatoms. The predicted molar refractivity (Wildman–Crippen MR) is 95.0 cm³/mol. The number of nitrogens with zero attached hydrogens (tertiary/aromatic N) is 1. The van der Waals surface area contributed by atoms with E-state index in [0.29, 0.717) is 23.3 Å². The second-order valence-corrected chi connectivity index (χ2v) is 7.56. The standard InChI is InChI=1S/C18H29NO2S/c1-14(2)10-19(11-15(3)4)18(21)13-22-12-17(20)16-8-6-5-7-9-16/h5-9,14-15,17,20H,10-13H2,1-4H3. The molecule has 0 fully saturated rings. The van der Waals surface area contributed by atoms with Gasteiger partial charge in [0, 0.05) is 18.8 Å². The Kier molecular flexibility index (Phi) is 8.57. The van der Waals surface area contributed by atoms with Crippen LogP contribution >= 0.6 is 11.8 Å². The van der Waals surface area contributed by atoms with Crippen molar-refractivity contribution in [3.05, 3.63) is 35.9 Å². The minimum atomic E-state index is -0.511. The zero-order valence-corrected chi connectivity index (χ0v) is 15.0. The summed E-state index contributed by atoms with van der Waals surface area (Å²) in [6, 6.07) is 9.60. The number of carbonyl (C=O) groups excluding carboxylic acids is 1. The molecule has 0 aromatic heterocycles. The fourth-order valence-electron chi connectivity index (χ4n) is 2.28. The monoisotopic (exact) mass is 323 g/mol. The summed E-state index contributed by atoms with van der Waals surface area (Å²) >= 11 is 1.51. The predicted octanol–water partition coefficient (Wildman–Crippen LogP) is 3.59. The third-order valence-electron chi connectivity index (χ3n) is 3.21. The molecular formula is C18H29NO2S. The van der Waals surface area contributed by atoms with Crippen LogP contribution in [0.15, 0.2) is 30.3 Å². The maximum absolute atomic E-state index is 12.4. The average Bonchev–Trinajstić information content (AvgIpc) is 2.46. The Hall–Kier alpha value is -1.00. The second-order valence-electron chi connectivity index (χ2n) is 6.53. The molecular weight excluding hydrogens is 294 g/mol. The minimum Gasteiger partial charge on any atom is -0.388 e. The lowest BCUT2D eigenvalue weighted by atomic mass is 10.1. The fraction of sp³-hybridized carbons (Fsp3) is 0.611. The molecule has 124 valence electrons. The summed E-state index contributed by atoms with van der Waals surface area (Å²) < 4.78 is 0. The van der Waals surface area contributed by atoms with E-state index in [1.807, 2.05) is 35.2 Å². The van der Waals surface area contributed by atoms with Crippen LogP contribution in [0.4, 0.5) is 0 Å². The van der Waals surface area contributed by atoms with Crippen molar-refractivity contribution in [2.75, 3.05) is 24.6 Å². The first-order valence-corrected chi connectivity index (χ1v) is 9.14. The summed E-state index contributed by atoms with van der Waals surface area (Å²) in [5, 5.41) is 10.1. The Morgan fingerprint density at radius 2 is 1.64 bits per heavy atom. The van der Waals surface area contributed by atoms with Gasteiger partial charge in [-0.05, 0) is 17.4 Å². The van der Waals surface area contributed by atoms with Crippen molar-refractivity contribution in [3.8, 4) is 0 Å². The van der Waals surface area contributed by atoms with E-state index in [4.69, 9.17) is 0 Å². The van der Waals surface area contributed by atoms with Crippen LogP contribution in [0.1, 0.15) is 39.4 Å². The van der Waals surface area contributed by atoms with Gasteiger partial charge in [0.15, 0.2) is 0 Å². The lowest BCUT2D eigenvalue weighted by molar-refractivity contribution is -0.129. The first kappa shape index (κ1) is 19.0. The molecule has 0 radical (unpaired) electrons. The number of aliphatic hydroxyl groups is 1. The number of benzene rings is 1. The normalized spacial score (nSPS) is 12.7. The summed E-state index contributed by atoms with van der Waals surface area (Å²) in [6.45, 7) is 10.1. The van der Waals surface area contributed by atoms with Crippen molar-refractivity contribution in [2.24, 2.45) is 11.8 Å². The Morgan fingerprint density at radius 1 is 1.09 bits per heavy atom. The molecule has 0 saturated heterocycles. The third-order valence-corrected chi connectivity index (χ3v) is 4.21. The summed E-state index contributed by atoms with van der Waals surface area (Å²) in [6.07, 6.45) is -0.511. The van der Waals surface area contributed by atoms with E-state index in [-0.39, 0.29) is 5.91 Å². The SMILES string of the molecule is CC(C)CN(CC(C)C)C(=O)CSCC(O)c1ccccc1. The van der Waals surface area contributed by atoms with Crippen molar-refractivity contribution in [2.45, 2.75) is 33.8 Å². The van der Waals surface area contributed by atoms with Crippen molar-refractivity contribution >= 4 is 17.7 Å².